The zero-order valence-electron chi connectivity index (χ0n) is 17.2. The third-order valence-electron chi connectivity index (χ3n) is 4.77. The largest absolute Gasteiger partial charge is 0.417 e. The maximum atomic E-state index is 13.0. The fourth-order valence-electron chi connectivity index (χ4n) is 2.97. The van der Waals surface area contributed by atoms with Crippen molar-refractivity contribution in [1.29, 1.82) is 0 Å². The van der Waals surface area contributed by atoms with Gasteiger partial charge in [-0.2, -0.15) is 13.2 Å². The molecule has 0 spiro atoms. The fourth-order valence-corrected chi connectivity index (χ4v) is 2.97. The number of nitrogens with one attached hydrogen (secondary N) is 2. The zero-order chi connectivity index (χ0) is 22.8. The first-order valence-corrected chi connectivity index (χ1v) is 9.62. The molecule has 7 nitrogen and oxygen atoms in total. The lowest BCUT2D eigenvalue weighted by Gasteiger charge is -2.21. The number of halogens is 3. The summed E-state index contributed by atoms with van der Waals surface area (Å²) in [5.74, 6) is -0.945. The Morgan fingerprint density at radius 1 is 1.06 bits per heavy atom. The number of rotatable bonds is 6. The minimum Gasteiger partial charge on any atom is -0.347 e. The van der Waals surface area contributed by atoms with Crippen LogP contribution in [0.2, 0.25) is 0 Å². The minimum atomic E-state index is -4.51. The molecule has 1 aromatic carbocycles. The fraction of sp³-hybridized carbons (Fsp3) is 0.333. The Balaban J connectivity index is 1.71. The third-order valence-corrected chi connectivity index (χ3v) is 4.77. The maximum absolute atomic E-state index is 13.0. The van der Waals surface area contributed by atoms with Crippen LogP contribution < -0.4 is 10.6 Å². The summed E-state index contributed by atoms with van der Waals surface area (Å²) in [6.07, 6.45) is -3.63. The van der Waals surface area contributed by atoms with Gasteiger partial charge in [-0.3, -0.25) is 14.0 Å². The molecule has 0 radical (unpaired) electrons. The van der Waals surface area contributed by atoms with Crippen molar-refractivity contribution in [3.63, 3.8) is 0 Å². The average Bonchev–Trinajstić information content (AvgIpc) is 3.12. The molecule has 2 heterocycles. The number of aromatic nitrogens is 3. The van der Waals surface area contributed by atoms with Crippen LogP contribution in [0.25, 0.3) is 5.65 Å². The van der Waals surface area contributed by atoms with Crippen LogP contribution >= 0.6 is 0 Å². The number of carbonyl (C=O) groups excluding carboxylic acids is 2. The first-order chi connectivity index (χ1) is 14.6. The summed E-state index contributed by atoms with van der Waals surface area (Å²) < 4.78 is 40.1. The third kappa shape index (κ3) is 5.19. The number of hydrogen-bond acceptors (Lipinski definition) is 4. The molecule has 2 amide bonds. The molecule has 0 aliphatic heterocycles. The van der Waals surface area contributed by atoms with Gasteiger partial charge in [-0.25, -0.2) is 0 Å². The van der Waals surface area contributed by atoms with E-state index in [0.29, 0.717) is 5.56 Å². The van der Waals surface area contributed by atoms with E-state index in [9.17, 15) is 22.8 Å². The van der Waals surface area contributed by atoms with Gasteiger partial charge in [-0.05, 0) is 37.1 Å². The molecule has 0 aliphatic rings. The Labute approximate surface area is 176 Å². The van der Waals surface area contributed by atoms with Gasteiger partial charge in [-0.1, -0.05) is 31.5 Å². The number of aryl methyl sites for hydroxylation is 1. The average molecular weight is 433 g/mol. The zero-order valence-corrected chi connectivity index (χ0v) is 17.2. The smallest absolute Gasteiger partial charge is 0.347 e. The number of benzene rings is 1. The number of pyridine rings is 1. The van der Waals surface area contributed by atoms with Crippen molar-refractivity contribution < 1.29 is 22.8 Å². The SMILES string of the molecule is Cc1ccc(C(=O)N[C@H](C(=O)NCc2nnc3ccc(C(F)(F)F)cn23)C(C)C)cc1. The van der Waals surface area contributed by atoms with Crippen molar-refractivity contribution in [2.45, 2.75) is 39.5 Å². The van der Waals surface area contributed by atoms with Gasteiger partial charge < -0.3 is 10.6 Å². The van der Waals surface area contributed by atoms with E-state index in [1.165, 1.54) is 10.5 Å². The minimum absolute atomic E-state index is 0.141. The topological polar surface area (TPSA) is 88.4 Å². The molecule has 0 bridgehead atoms. The van der Waals surface area contributed by atoms with Crippen LogP contribution in [-0.2, 0) is 17.5 Å². The summed E-state index contributed by atoms with van der Waals surface area (Å²) in [4.78, 5) is 25.2. The van der Waals surface area contributed by atoms with Crippen molar-refractivity contribution in [2.24, 2.45) is 5.92 Å². The molecule has 31 heavy (non-hydrogen) atoms. The summed E-state index contributed by atoms with van der Waals surface area (Å²) >= 11 is 0. The van der Waals surface area contributed by atoms with Crippen molar-refractivity contribution in [3.05, 3.63) is 65.1 Å². The molecule has 0 fully saturated rings. The highest BCUT2D eigenvalue weighted by Crippen LogP contribution is 2.29. The molecule has 3 aromatic rings. The molecule has 10 heteroatoms. The van der Waals surface area contributed by atoms with Crippen LogP contribution in [0.5, 0.6) is 0 Å². The molecule has 0 unspecified atom stereocenters. The van der Waals surface area contributed by atoms with Gasteiger partial charge in [0.2, 0.25) is 5.91 Å². The van der Waals surface area contributed by atoms with Crippen molar-refractivity contribution in [1.82, 2.24) is 25.2 Å². The lowest BCUT2D eigenvalue weighted by molar-refractivity contribution is -0.137. The van der Waals surface area contributed by atoms with E-state index in [-0.39, 0.29) is 23.9 Å². The van der Waals surface area contributed by atoms with Crippen molar-refractivity contribution >= 4 is 17.5 Å². The first-order valence-electron chi connectivity index (χ1n) is 9.62. The second-order valence-corrected chi connectivity index (χ2v) is 7.54. The van der Waals surface area contributed by atoms with Gasteiger partial charge >= 0.3 is 6.18 Å². The van der Waals surface area contributed by atoms with Crippen LogP contribution in [0.1, 0.15) is 41.2 Å². The van der Waals surface area contributed by atoms with E-state index in [0.717, 1.165) is 17.8 Å². The number of fused-ring (bicyclic) bond motifs is 1. The molecule has 2 aromatic heterocycles. The van der Waals surface area contributed by atoms with Gasteiger partial charge in [0.25, 0.3) is 5.91 Å². The molecule has 3 rings (SSSR count). The van der Waals surface area contributed by atoms with E-state index in [1.807, 2.05) is 6.92 Å². The number of carbonyl (C=O) groups is 2. The molecule has 164 valence electrons. The molecule has 1 atom stereocenters. The Bertz CT molecular complexity index is 1090. The molecule has 0 saturated heterocycles. The second kappa shape index (κ2) is 8.75. The Morgan fingerprint density at radius 2 is 1.74 bits per heavy atom. The van der Waals surface area contributed by atoms with Crippen molar-refractivity contribution in [3.8, 4) is 0 Å². The second-order valence-electron chi connectivity index (χ2n) is 7.54. The van der Waals surface area contributed by atoms with Crippen LogP contribution in [0.15, 0.2) is 42.6 Å². The lowest BCUT2D eigenvalue weighted by atomic mass is 10.0. The predicted molar refractivity (Wildman–Crippen MR) is 107 cm³/mol. The standard InChI is InChI=1S/C21H22F3N5O2/c1-12(2)18(26-19(30)14-6-4-13(3)5-7-14)20(31)25-10-17-28-27-16-9-8-15(11-29(16)17)21(22,23)24/h4-9,11-12,18H,10H2,1-3H3,(H,25,31)(H,26,30)/t18-/m0/s1. The van der Waals surface area contributed by atoms with E-state index < -0.39 is 29.6 Å². The van der Waals surface area contributed by atoms with Gasteiger partial charge in [0.1, 0.15) is 6.04 Å². The normalized spacial score (nSPS) is 12.7. The highest BCUT2D eigenvalue weighted by molar-refractivity contribution is 5.97. The molecule has 0 aliphatic carbocycles. The molecule has 2 N–H and O–H groups in total. The first kappa shape index (κ1) is 22.3. The summed E-state index contributed by atoms with van der Waals surface area (Å²) in [7, 11) is 0. The van der Waals surface area contributed by atoms with Gasteiger partial charge in [-0.15, -0.1) is 10.2 Å². The number of hydrogen-bond donors (Lipinski definition) is 2. The Hall–Kier alpha value is -3.43. The van der Waals surface area contributed by atoms with Crippen LogP contribution in [0, 0.1) is 12.8 Å². The van der Waals surface area contributed by atoms with Crippen LogP contribution in [0.3, 0.4) is 0 Å². The number of alkyl halides is 3. The van der Waals surface area contributed by atoms with Gasteiger partial charge in [0.05, 0.1) is 12.1 Å². The lowest BCUT2D eigenvalue weighted by Crippen LogP contribution is -2.49. The summed E-state index contributed by atoms with van der Waals surface area (Å²) in [6.45, 7) is 5.31. The van der Waals surface area contributed by atoms with E-state index in [4.69, 9.17) is 0 Å². The van der Waals surface area contributed by atoms with E-state index in [1.54, 1.807) is 38.1 Å². The van der Waals surface area contributed by atoms with Crippen LogP contribution in [0.4, 0.5) is 13.2 Å². The van der Waals surface area contributed by atoms with Gasteiger partial charge in [0, 0.05) is 11.8 Å². The molecular weight excluding hydrogens is 411 g/mol. The number of nitrogens with zero attached hydrogens (tertiary/aromatic N) is 3. The quantitative estimate of drug-likeness (QED) is 0.625. The monoisotopic (exact) mass is 433 g/mol. The van der Waals surface area contributed by atoms with E-state index in [2.05, 4.69) is 20.8 Å². The maximum Gasteiger partial charge on any atom is 0.417 e. The van der Waals surface area contributed by atoms with E-state index >= 15 is 0 Å². The predicted octanol–water partition coefficient (Wildman–Crippen LogP) is 3.13. The highest BCUT2D eigenvalue weighted by atomic mass is 19.4. The molecule has 0 saturated carbocycles. The van der Waals surface area contributed by atoms with Crippen LogP contribution in [-0.4, -0.2) is 32.5 Å². The summed E-state index contributed by atoms with van der Waals surface area (Å²) in [5.41, 5.74) is 0.805. The number of amides is 2. The Kier molecular flexibility index (Phi) is 6.28. The Morgan fingerprint density at radius 3 is 2.35 bits per heavy atom. The van der Waals surface area contributed by atoms with Gasteiger partial charge in [0.15, 0.2) is 11.5 Å². The highest BCUT2D eigenvalue weighted by Gasteiger charge is 2.31. The summed E-state index contributed by atoms with van der Waals surface area (Å²) in [5, 5.41) is 13.0. The summed E-state index contributed by atoms with van der Waals surface area (Å²) in [6, 6.07) is 8.22. The van der Waals surface area contributed by atoms with Crippen molar-refractivity contribution in [2.75, 3.05) is 0 Å². The molecular formula is C21H22F3N5O2.